The molecule has 0 bridgehead atoms. The van der Waals surface area contributed by atoms with Gasteiger partial charge in [-0.3, -0.25) is 0 Å². The van der Waals surface area contributed by atoms with Gasteiger partial charge in [-0.25, -0.2) is 9.97 Å². The minimum absolute atomic E-state index is 0.343. The lowest BCUT2D eigenvalue weighted by molar-refractivity contribution is 0.293. The lowest BCUT2D eigenvalue weighted by atomic mass is 10.5. The van der Waals surface area contributed by atoms with Crippen molar-refractivity contribution in [3.8, 4) is 5.88 Å². The van der Waals surface area contributed by atoms with Crippen LogP contribution >= 0.6 is 0 Å². The molecule has 1 aliphatic rings. The summed E-state index contributed by atoms with van der Waals surface area (Å²) in [6.45, 7) is 1.84. The van der Waals surface area contributed by atoms with E-state index in [-0.39, 0.29) is 0 Å². The Morgan fingerprint density at radius 2 is 2.29 bits per heavy atom. The van der Waals surface area contributed by atoms with Crippen molar-refractivity contribution < 1.29 is 4.74 Å². The molecule has 2 aromatic heterocycles. The summed E-state index contributed by atoms with van der Waals surface area (Å²) in [4.78, 5) is 15.5. The van der Waals surface area contributed by atoms with Crippen molar-refractivity contribution in [3.63, 3.8) is 0 Å². The number of hydrogen-bond acceptors (Lipinski definition) is 4. The van der Waals surface area contributed by atoms with Crippen molar-refractivity contribution in [1.82, 2.24) is 19.9 Å². The fourth-order valence-corrected chi connectivity index (χ4v) is 1.34. The summed E-state index contributed by atoms with van der Waals surface area (Å²) < 4.78 is 5.66. The Morgan fingerprint density at radius 3 is 3.07 bits per heavy atom. The average Bonchev–Trinajstić information content (AvgIpc) is 2.81. The van der Waals surface area contributed by atoms with Crippen molar-refractivity contribution >= 4 is 11.2 Å². The van der Waals surface area contributed by atoms with Gasteiger partial charge in [0.15, 0.2) is 5.65 Å². The monoisotopic (exact) mass is 190 g/mol. The molecule has 0 spiro atoms. The maximum atomic E-state index is 5.66. The third kappa shape index (κ3) is 1.21. The molecule has 2 heterocycles. The number of imidazole rings is 1. The van der Waals surface area contributed by atoms with Crippen LogP contribution in [0.15, 0.2) is 6.33 Å². The number of aromatic amines is 1. The molecular weight excluding hydrogens is 180 g/mol. The van der Waals surface area contributed by atoms with Crippen LogP contribution < -0.4 is 4.74 Å². The summed E-state index contributed by atoms with van der Waals surface area (Å²) >= 11 is 0. The zero-order valence-electron chi connectivity index (χ0n) is 7.82. The zero-order valence-corrected chi connectivity index (χ0v) is 7.82. The van der Waals surface area contributed by atoms with Crippen molar-refractivity contribution in [3.05, 3.63) is 12.2 Å². The van der Waals surface area contributed by atoms with E-state index in [1.165, 1.54) is 0 Å². The standard InChI is InChI=1S/C9H10N4O/c1-5-12-8-7(10-4-11-8)9(13-5)14-6-2-3-6/h4,6H,2-3H2,1H3,(H,10,11,12,13). The highest BCUT2D eigenvalue weighted by Gasteiger charge is 2.25. The van der Waals surface area contributed by atoms with E-state index in [2.05, 4.69) is 19.9 Å². The first-order valence-electron chi connectivity index (χ1n) is 4.67. The first-order chi connectivity index (χ1) is 6.83. The molecule has 0 unspecified atom stereocenters. The van der Waals surface area contributed by atoms with Gasteiger partial charge in [0.25, 0.3) is 0 Å². The molecule has 1 fully saturated rings. The van der Waals surface area contributed by atoms with E-state index in [0.29, 0.717) is 23.5 Å². The van der Waals surface area contributed by atoms with Crippen LogP contribution in [0.5, 0.6) is 5.88 Å². The average molecular weight is 190 g/mol. The van der Waals surface area contributed by atoms with E-state index < -0.39 is 0 Å². The Bertz CT molecular complexity index is 475. The first-order valence-corrected chi connectivity index (χ1v) is 4.67. The Hall–Kier alpha value is -1.65. The number of aryl methyl sites for hydroxylation is 1. The smallest absolute Gasteiger partial charge is 0.243 e. The second kappa shape index (κ2) is 2.67. The van der Waals surface area contributed by atoms with Crippen molar-refractivity contribution in [2.24, 2.45) is 0 Å². The lowest BCUT2D eigenvalue weighted by Gasteiger charge is -2.03. The van der Waals surface area contributed by atoms with Crippen LogP contribution in [0.3, 0.4) is 0 Å². The van der Waals surface area contributed by atoms with E-state index >= 15 is 0 Å². The minimum atomic E-state index is 0.343. The number of fused-ring (bicyclic) bond motifs is 1. The van der Waals surface area contributed by atoms with Gasteiger partial charge in [-0.05, 0) is 19.8 Å². The molecule has 1 saturated carbocycles. The molecular formula is C9H10N4O. The molecule has 0 saturated heterocycles. The quantitative estimate of drug-likeness (QED) is 0.772. The van der Waals surface area contributed by atoms with Gasteiger partial charge in [-0.15, -0.1) is 0 Å². The molecule has 1 aliphatic carbocycles. The molecule has 0 atom stereocenters. The van der Waals surface area contributed by atoms with Crippen LogP contribution in [-0.4, -0.2) is 26.0 Å². The van der Waals surface area contributed by atoms with Gasteiger partial charge in [0, 0.05) is 0 Å². The molecule has 0 aromatic carbocycles. The Balaban J connectivity index is 2.13. The third-order valence-electron chi connectivity index (χ3n) is 2.17. The summed E-state index contributed by atoms with van der Waals surface area (Å²) in [6.07, 6.45) is 4.20. The molecule has 0 amide bonds. The minimum Gasteiger partial charge on any atom is -0.473 e. The van der Waals surface area contributed by atoms with Crippen molar-refractivity contribution in [1.29, 1.82) is 0 Å². The van der Waals surface area contributed by atoms with E-state index in [4.69, 9.17) is 4.74 Å². The number of aromatic nitrogens is 4. The molecule has 3 rings (SSSR count). The highest BCUT2D eigenvalue weighted by molar-refractivity contribution is 5.75. The molecule has 5 heteroatoms. The number of hydrogen-bond donors (Lipinski definition) is 1. The molecule has 1 N–H and O–H groups in total. The van der Waals surface area contributed by atoms with Gasteiger partial charge in [0.2, 0.25) is 5.88 Å². The number of rotatable bonds is 2. The molecule has 72 valence electrons. The van der Waals surface area contributed by atoms with Gasteiger partial charge in [-0.2, -0.15) is 4.98 Å². The molecule has 0 aliphatic heterocycles. The highest BCUT2D eigenvalue weighted by Crippen LogP contribution is 2.28. The van der Waals surface area contributed by atoms with Gasteiger partial charge in [0.1, 0.15) is 17.4 Å². The van der Waals surface area contributed by atoms with Crippen LogP contribution in [0.2, 0.25) is 0 Å². The molecule has 14 heavy (non-hydrogen) atoms. The second-order valence-corrected chi connectivity index (χ2v) is 3.49. The largest absolute Gasteiger partial charge is 0.473 e. The Kier molecular flexibility index (Phi) is 1.47. The van der Waals surface area contributed by atoms with Gasteiger partial charge in [-0.1, -0.05) is 0 Å². The maximum absolute atomic E-state index is 5.66. The van der Waals surface area contributed by atoms with E-state index in [1.54, 1.807) is 6.33 Å². The SMILES string of the molecule is Cc1nc(OC2CC2)c2[nH]cnc2n1. The van der Waals surface area contributed by atoms with Gasteiger partial charge >= 0.3 is 0 Å². The normalized spacial score (nSPS) is 16.1. The summed E-state index contributed by atoms with van der Waals surface area (Å²) in [5.41, 5.74) is 1.47. The number of nitrogens with one attached hydrogen (secondary N) is 1. The summed E-state index contributed by atoms with van der Waals surface area (Å²) in [5, 5.41) is 0. The lowest BCUT2D eigenvalue weighted by Crippen LogP contribution is -2.01. The van der Waals surface area contributed by atoms with Gasteiger partial charge in [0.05, 0.1) is 6.33 Å². The third-order valence-corrected chi connectivity index (χ3v) is 2.17. The number of ether oxygens (including phenoxy) is 1. The van der Waals surface area contributed by atoms with Crippen LogP contribution in [0.1, 0.15) is 18.7 Å². The van der Waals surface area contributed by atoms with E-state index in [1.807, 2.05) is 6.92 Å². The topological polar surface area (TPSA) is 63.7 Å². The fourth-order valence-electron chi connectivity index (χ4n) is 1.34. The Labute approximate surface area is 80.5 Å². The van der Waals surface area contributed by atoms with Crippen LogP contribution in [0, 0.1) is 6.92 Å². The van der Waals surface area contributed by atoms with Gasteiger partial charge < -0.3 is 9.72 Å². The van der Waals surface area contributed by atoms with E-state index in [0.717, 1.165) is 18.4 Å². The fraction of sp³-hybridized carbons (Fsp3) is 0.444. The number of nitrogens with zero attached hydrogens (tertiary/aromatic N) is 3. The predicted octanol–water partition coefficient (Wildman–Crippen LogP) is 1.20. The van der Waals surface area contributed by atoms with Crippen molar-refractivity contribution in [2.45, 2.75) is 25.9 Å². The molecule has 5 nitrogen and oxygen atoms in total. The molecule has 2 aromatic rings. The first kappa shape index (κ1) is 7.73. The van der Waals surface area contributed by atoms with Crippen LogP contribution in [-0.2, 0) is 0 Å². The summed E-state index contributed by atoms with van der Waals surface area (Å²) in [5.74, 6) is 1.33. The number of H-pyrrole nitrogens is 1. The van der Waals surface area contributed by atoms with Crippen LogP contribution in [0.4, 0.5) is 0 Å². The van der Waals surface area contributed by atoms with Crippen LogP contribution in [0.25, 0.3) is 11.2 Å². The summed E-state index contributed by atoms with van der Waals surface area (Å²) in [6, 6.07) is 0. The highest BCUT2D eigenvalue weighted by atomic mass is 16.5. The predicted molar refractivity (Wildman–Crippen MR) is 50.1 cm³/mol. The molecule has 0 radical (unpaired) electrons. The Morgan fingerprint density at radius 1 is 1.43 bits per heavy atom. The zero-order chi connectivity index (χ0) is 9.54. The van der Waals surface area contributed by atoms with E-state index in [9.17, 15) is 0 Å². The maximum Gasteiger partial charge on any atom is 0.243 e. The second-order valence-electron chi connectivity index (χ2n) is 3.49. The summed E-state index contributed by atoms with van der Waals surface area (Å²) in [7, 11) is 0. The van der Waals surface area contributed by atoms with Crippen molar-refractivity contribution in [2.75, 3.05) is 0 Å².